The van der Waals surface area contributed by atoms with Gasteiger partial charge in [-0.25, -0.2) is 9.50 Å². The number of ketones is 1. The van der Waals surface area contributed by atoms with E-state index in [9.17, 15) is 9.59 Å². The van der Waals surface area contributed by atoms with E-state index in [2.05, 4.69) is 20.4 Å². The molecule has 0 saturated carbocycles. The molecular weight excluding hydrogens is 282 g/mol. The van der Waals surface area contributed by atoms with Crippen LogP contribution < -0.4 is 5.32 Å². The van der Waals surface area contributed by atoms with E-state index < -0.39 is 5.91 Å². The van der Waals surface area contributed by atoms with Crippen molar-refractivity contribution in [3.63, 3.8) is 0 Å². The van der Waals surface area contributed by atoms with Crippen molar-refractivity contribution in [2.45, 2.75) is 13.8 Å². The molecule has 1 N–H and O–H groups in total. The maximum Gasteiger partial charge on any atom is 0.295 e. The van der Waals surface area contributed by atoms with Gasteiger partial charge in [-0.15, -0.1) is 5.10 Å². The number of fused-ring (bicyclic) bond motifs is 1. The molecule has 110 valence electrons. The standard InChI is InChI=1S/C15H13N5O2/c1-9-6-7-16-15-18-13(19-20(9)15)14(22)17-12-5-3-4-11(8-12)10(2)21/h3-8H,1-2H3,(H,17,22). The zero-order valence-electron chi connectivity index (χ0n) is 12.1. The summed E-state index contributed by atoms with van der Waals surface area (Å²) in [4.78, 5) is 31.7. The normalized spacial score (nSPS) is 10.6. The highest BCUT2D eigenvalue weighted by molar-refractivity contribution is 6.03. The van der Waals surface area contributed by atoms with Crippen LogP contribution >= 0.6 is 0 Å². The third-order valence-corrected chi connectivity index (χ3v) is 3.16. The molecule has 0 aliphatic heterocycles. The van der Waals surface area contributed by atoms with Gasteiger partial charge in [0.25, 0.3) is 11.7 Å². The Hall–Kier alpha value is -3.09. The summed E-state index contributed by atoms with van der Waals surface area (Å²) in [5, 5.41) is 6.81. The van der Waals surface area contributed by atoms with Crippen LogP contribution in [0.2, 0.25) is 0 Å². The van der Waals surface area contributed by atoms with Gasteiger partial charge in [0.15, 0.2) is 5.78 Å². The Morgan fingerprint density at radius 2 is 2.05 bits per heavy atom. The van der Waals surface area contributed by atoms with E-state index in [-0.39, 0.29) is 11.6 Å². The third kappa shape index (κ3) is 2.56. The smallest absolute Gasteiger partial charge is 0.295 e. The maximum atomic E-state index is 12.2. The molecule has 0 unspecified atom stereocenters. The van der Waals surface area contributed by atoms with Crippen molar-refractivity contribution in [2.75, 3.05) is 5.32 Å². The van der Waals surface area contributed by atoms with E-state index >= 15 is 0 Å². The fourth-order valence-electron chi connectivity index (χ4n) is 2.01. The number of anilines is 1. The van der Waals surface area contributed by atoms with Crippen molar-refractivity contribution >= 4 is 23.2 Å². The van der Waals surface area contributed by atoms with Crippen molar-refractivity contribution in [1.82, 2.24) is 19.6 Å². The van der Waals surface area contributed by atoms with Crippen molar-refractivity contribution < 1.29 is 9.59 Å². The lowest BCUT2D eigenvalue weighted by atomic mass is 10.1. The second kappa shape index (κ2) is 5.36. The second-order valence-electron chi connectivity index (χ2n) is 4.82. The van der Waals surface area contributed by atoms with E-state index in [0.717, 1.165) is 5.69 Å². The van der Waals surface area contributed by atoms with Gasteiger partial charge >= 0.3 is 0 Å². The molecule has 7 nitrogen and oxygen atoms in total. The number of carbonyl (C=O) groups excluding carboxylic acids is 2. The number of Topliss-reactive ketones (excluding diaryl/α,β-unsaturated/α-hetero) is 1. The summed E-state index contributed by atoms with van der Waals surface area (Å²) >= 11 is 0. The summed E-state index contributed by atoms with van der Waals surface area (Å²) < 4.78 is 1.50. The molecule has 1 aromatic carbocycles. The number of amides is 1. The Bertz CT molecular complexity index is 885. The number of aromatic nitrogens is 4. The fourth-order valence-corrected chi connectivity index (χ4v) is 2.01. The average Bonchev–Trinajstić information content (AvgIpc) is 2.93. The second-order valence-corrected chi connectivity index (χ2v) is 4.82. The minimum Gasteiger partial charge on any atom is -0.319 e. The van der Waals surface area contributed by atoms with Crippen LogP contribution in [0.25, 0.3) is 5.78 Å². The van der Waals surface area contributed by atoms with Crippen LogP contribution in [0.3, 0.4) is 0 Å². The van der Waals surface area contributed by atoms with Crippen molar-refractivity contribution in [3.8, 4) is 0 Å². The Morgan fingerprint density at radius 3 is 2.77 bits per heavy atom. The van der Waals surface area contributed by atoms with Gasteiger partial charge in [-0.2, -0.15) is 4.98 Å². The zero-order chi connectivity index (χ0) is 15.7. The molecule has 0 radical (unpaired) electrons. The van der Waals surface area contributed by atoms with Crippen LogP contribution in [0.4, 0.5) is 5.69 Å². The first-order valence-electron chi connectivity index (χ1n) is 6.65. The predicted octanol–water partition coefficient (Wildman–Crippen LogP) is 1.89. The number of benzene rings is 1. The molecular formula is C15H13N5O2. The van der Waals surface area contributed by atoms with Gasteiger partial charge in [0.1, 0.15) is 0 Å². The molecule has 0 fully saturated rings. The van der Waals surface area contributed by atoms with Crippen molar-refractivity contribution in [1.29, 1.82) is 0 Å². The summed E-state index contributed by atoms with van der Waals surface area (Å²) in [7, 11) is 0. The fraction of sp³-hybridized carbons (Fsp3) is 0.133. The number of hydrogen-bond acceptors (Lipinski definition) is 5. The first-order chi connectivity index (χ1) is 10.5. The van der Waals surface area contributed by atoms with Crippen molar-refractivity contribution in [2.24, 2.45) is 0 Å². The molecule has 2 aromatic heterocycles. The molecule has 0 bridgehead atoms. The Balaban J connectivity index is 1.88. The van der Waals surface area contributed by atoms with Crippen LogP contribution in [0, 0.1) is 6.92 Å². The number of nitrogens with zero attached hydrogens (tertiary/aromatic N) is 4. The monoisotopic (exact) mass is 295 g/mol. The summed E-state index contributed by atoms with van der Waals surface area (Å²) in [6, 6.07) is 8.48. The molecule has 0 atom stereocenters. The number of rotatable bonds is 3. The number of aryl methyl sites for hydroxylation is 1. The molecule has 0 aliphatic carbocycles. The minimum absolute atomic E-state index is 0.0232. The highest BCUT2D eigenvalue weighted by Crippen LogP contribution is 2.12. The quantitative estimate of drug-likeness (QED) is 0.745. The Morgan fingerprint density at radius 1 is 1.23 bits per heavy atom. The first-order valence-corrected chi connectivity index (χ1v) is 6.65. The first kappa shape index (κ1) is 13.9. The van der Waals surface area contributed by atoms with Gasteiger partial charge < -0.3 is 5.32 Å². The van der Waals surface area contributed by atoms with Gasteiger partial charge in [-0.3, -0.25) is 9.59 Å². The lowest BCUT2D eigenvalue weighted by molar-refractivity contribution is 0.100. The Kier molecular flexibility index (Phi) is 3.38. The van der Waals surface area contributed by atoms with Crippen LogP contribution in [0.15, 0.2) is 36.5 Å². The lowest BCUT2D eigenvalue weighted by Crippen LogP contribution is -2.14. The molecule has 2 heterocycles. The third-order valence-electron chi connectivity index (χ3n) is 3.16. The minimum atomic E-state index is -0.453. The van der Waals surface area contributed by atoms with E-state index in [1.54, 1.807) is 36.5 Å². The molecule has 1 amide bonds. The van der Waals surface area contributed by atoms with Crippen molar-refractivity contribution in [3.05, 3.63) is 53.6 Å². The summed E-state index contributed by atoms with van der Waals surface area (Å²) in [5.41, 5.74) is 1.87. The highest BCUT2D eigenvalue weighted by Gasteiger charge is 2.14. The molecule has 0 spiro atoms. The topological polar surface area (TPSA) is 89.2 Å². The van der Waals surface area contributed by atoms with Crippen LogP contribution in [0.1, 0.15) is 33.6 Å². The van der Waals surface area contributed by atoms with Gasteiger partial charge in [-0.1, -0.05) is 12.1 Å². The van der Waals surface area contributed by atoms with Crippen LogP contribution in [-0.4, -0.2) is 31.3 Å². The lowest BCUT2D eigenvalue weighted by Gasteiger charge is -2.03. The Labute approximate surface area is 126 Å². The molecule has 0 aliphatic rings. The molecule has 3 aromatic rings. The van der Waals surface area contributed by atoms with Gasteiger partial charge in [0.05, 0.1) is 0 Å². The predicted molar refractivity (Wildman–Crippen MR) is 79.9 cm³/mol. The van der Waals surface area contributed by atoms with Crippen LogP contribution in [-0.2, 0) is 0 Å². The van der Waals surface area contributed by atoms with E-state index in [4.69, 9.17) is 0 Å². The zero-order valence-corrected chi connectivity index (χ0v) is 12.1. The average molecular weight is 295 g/mol. The number of hydrogen-bond donors (Lipinski definition) is 1. The van der Waals surface area contributed by atoms with E-state index in [0.29, 0.717) is 17.0 Å². The van der Waals surface area contributed by atoms with E-state index in [1.165, 1.54) is 11.4 Å². The molecule has 3 rings (SSSR count). The van der Waals surface area contributed by atoms with Gasteiger partial charge in [0, 0.05) is 23.1 Å². The summed E-state index contributed by atoms with van der Waals surface area (Å²) in [6.45, 7) is 3.32. The summed E-state index contributed by atoms with van der Waals surface area (Å²) in [6.07, 6.45) is 1.61. The van der Waals surface area contributed by atoms with E-state index in [1.807, 2.05) is 6.92 Å². The molecule has 22 heavy (non-hydrogen) atoms. The molecule has 7 heteroatoms. The maximum absolute atomic E-state index is 12.2. The molecule has 0 saturated heterocycles. The largest absolute Gasteiger partial charge is 0.319 e. The van der Waals surface area contributed by atoms with Crippen LogP contribution in [0.5, 0.6) is 0 Å². The summed E-state index contributed by atoms with van der Waals surface area (Å²) in [5.74, 6) is -0.134. The van der Waals surface area contributed by atoms with Gasteiger partial charge in [0.2, 0.25) is 5.82 Å². The SMILES string of the molecule is CC(=O)c1cccc(NC(=O)c2nc3nccc(C)n3n2)c1. The number of nitrogens with one attached hydrogen (secondary N) is 1. The number of carbonyl (C=O) groups is 2. The van der Waals surface area contributed by atoms with Gasteiger partial charge in [-0.05, 0) is 32.0 Å². The highest BCUT2D eigenvalue weighted by atomic mass is 16.2.